The summed E-state index contributed by atoms with van der Waals surface area (Å²) in [6.07, 6.45) is 2.83. The fourth-order valence-corrected chi connectivity index (χ4v) is 2.21. The summed E-state index contributed by atoms with van der Waals surface area (Å²) in [5.41, 5.74) is 8.21. The molecule has 0 amide bonds. The minimum Gasteiger partial charge on any atom is -0.494 e. The van der Waals surface area contributed by atoms with E-state index < -0.39 is 0 Å². The number of thiocarbonyl (C=S) groups is 1. The van der Waals surface area contributed by atoms with Crippen LogP contribution >= 0.6 is 12.2 Å². The highest BCUT2D eigenvalue weighted by molar-refractivity contribution is 7.80. The Morgan fingerprint density at radius 2 is 2.00 bits per heavy atom. The van der Waals surface area contributed by atoms with Gasteiger partial charge in [0.1, 0.15) is 5.75 Å². The van der Waals surface area contributed by atoms with Gasteiger partial charge in [-0.05, 0) is 48.8 Å². The van der Waals surface area contributed by atoms with Crippen molar-refractivity contribution in [3.63, 3.8) is 0 Å². The van der Waals surface area contributed by atoms with Crippen molar-refractivity contribution < 1.29 is 4.74 Å². The van der Waals surface area contributed by atoms with E-state index in [2.05, 4.69) is 39.0 Å². The van der Waals surface area contributed by atoms with Gasteiger partial charge in [0.25, 0.3) is 0 Å². The summed E-state index contributed by atoms with van der Waals surface area (Å²) in [6.45, 7) is 9.35. The van der Waals surface area contributed by atoms with Gasteiger partial charge >= 0.3 is 0 Å². The molecule has 0 unspecified atom stereocenters. The van der Waals surface area contributed by atoms with E-state index in [0.717, 1.165) is 25.0 Å². The quantitative estimate of drug-likeness (QED) is 0.800. The number of hydrogen-bond donors (Lipinski definition) is 1. The van der Waals surface area contributed by atoms with Crippen molar-refractivity contribution in [2.75, 3.05) is 6.61 Å². The van der Waals surface area contributed by atoms with Crippen LogP contribution in [0.1, 0.15) is 51.7 Å². The SMILES string of the molecule is CCOc1ccc(CCCC(N)=S)cc1C(C)(C)C. The normalized spacial score (nSPS) is 11.4. The van der Waals surface area contributed by atoms with Crippen molar-refractivity contribution >= 4 is 17.2 Å². The third-order valence-electron chi connectivity index (χ3n) is 3.04. The summed E-state index contributed by atoms with van der Waals surface area (Å²) in [4.78, 5) is 0.599. The molecule has 19 heavy (non-hydrogen) atoms. The van der Waals surface area contributed by atoms with Gasteiger partial charge in [-0.3, -0.25) is 0 Å². The Kier molecular flexibility index (Phi) is 5.80. The first-order valence-corrected chi connectivity index (χ1v) is 7.30. The molecular formula is C16H25NOS. The van der Waals surface area contributed by atoms with Crippen LogP contribution in [-0.2, 0) is 11.8 Å². The number of rotatable bonds is 6. The first-order chi connectivity index (χ1) is 8.84. The molecule has 0 fully saturated rings. The van der Waals surface area contributed by atoms with Gasteiger partial charge in [0.15, 0.2) is 0 Å². The predicted octanol–water partition coefficient (Wildman–Crippen LogP) is 3.99. The van der Waals surface area contributed by atoms with E-state index in [1.54, 1.807) is 0 Å². The molecule has 0 bridgehead atoms. The van der Waals surface area contributed by atoms with Crippen LogP contribution < -0.4 is 10.5 Å². The Labute approximate surface area is 122 Å². The van der Waals surface area contributed by atoms with Crippen molar-refractivity contribution in [2.45, 2.75) is 52.4 Å². The second-order valence-corrected chi connectivity index (χ2v) is 6.36. The van der Waals surface area contributed by atoms with Crippen LogP contribution in [0.5, 0.6) is 5.75 Å². The van der Waals surface area contributed by atoms with E-state index in [1.807, 2.05) is 6.92 Å². The van der Waals surface area contributed by atoms with Crippen molar-refractivity contribution in [1.29, 1.82) is 0 Å². The third-order valence-corrected chi connectivity index (χ3v) is 3.24. The Morgan fingerprint density at radius 1 is 1.32 bits per heavy atom. The van der Waals surface area contributed by atoms with Crippen LogP contribution in [0.15, 0.2) is 18.2 Å². The molecule has 3 heteroatoms. The van der Waals surface area contributed by atoms with Gasteiger partial charge in [0, 0.05) is 0 Å². The summed E-state index contributed by atoms with van der Waals surface area (Å²) in [5, 5.41) is 0. The summed E-state index contributed by atoms with van der Waals surface area (Å²) < 4.78 is 5.72. The van der Waals surface area contributed by atoms with Crippen LogP contribution in [0.2, 0.25) is 0 Å². The van der Waals surface area contributed by atoms with Gasteiger partial charge in [-0.1, -0.05) is 45.1 Å². The topological polar surface area (TPSA) is 35.2 Å². The van der Waals surface area contributed by atoms with E-state index in [1.165, 1.54) is 11.1 Å². The van der Waals surface area contributed by atoms with E-state index in [4.69, 9.17) is 22.7 Å². The van der Waals surface area contributed by atoms with Crippen LogP contribution in [0, 0.1) is 0 Å². The fourth-order valence-electron chi connectivity index (χ4n) is 2.07. The smallest absolute Gasteiger partial charge is 0.123 e. The molecule has 0 aromatic heterocycles. The highest BCUT2D eigenvalue weighted by Gasteiger charge is 2.19. The van der Waals surface area contributed by atoms with E-state index >= 15 is 0 Å². The van der Waals surface area contributed by atoms with Crippen LogP contribution in [0.25, 0.3) is 0 Å². The van der Waals surface area contributed by atoms with Gasteiger partial charge in [0.2, 0.25) is 0 Å². The maximum absolute atomic E-state index is 5.72. The van der Waals surface area contributed by atoms with Crippen LogP contribution in [0.3, 0.4) is 0 Å². The molecule has 0 aliphatic carbocycles. The second-order valence-electron chi connectivity index (χ2n) is 5.83. The van der Waals surface area contributed by atoms with Crippen molar-refractivity contribution in [3.8, 4) is 5.75 Å². The minimum atomic E-state index is 0.0870. The lowest BCUT2D eigenvalue weighted by atomic mass is 9.85. The van der Waals surface area contributed by atoms with Crippen molar-refractivity contribution in [2.24, 2.45) is 5.73 Å². The largest absolute Gasteiger partial charge is 0.494 e. The van der Waals surface area contributed by atoms with Crippen LogP contribution in [0.4, 0.5) is 0 Å². The maximum Gasteiger partial charge on any atom is 0.123 e. The van der Waals surface area contributed by atoms with E-state index in [-0.39, 0.29) is 5.41 Å². The van der Waals surface area contributed by atoms with Gasteiger partial charge in [0.05, 0.1) is 11.6 Å². The maximum atomic E-state index is 5.72. The van der Waals surface area contributed by atoms with Gasteiger partial charge in [-0.15, -0.1) is 0 Å². The predicted molar refractivity (Wildman–Crippen MR) is 86.0 cm³/mol. The molecule has 0 saturated heterocycles. The number of ether oxygens (including phenoxy) is 1. The van der Waals surface area contributed by atoms with Gasteiger partial charge in [-0.25, -0.2) is 0 Å². The van der Waals surface area contributed by atoms with Gasteiger partial charge in [-0.2, -0.15) is 0 Å². The molecule has 1 aromatic carbocycles. The Hall–Kier alpha value is -1.09. The molecule has 0 radical (unpaired) electrons. The van der Waals surface area contributed by atoms with Crippen molar-refractivity contribution in [1.82, 2.24) is 0 Å². The lowest BCUT2D eigenvalue weighted by Crippen LogP contribution is -2.14. The molecule has 2 N–H and O–H groups in total. The zero-order chi connectivity index (χ0) is 14.5. The summed E-state index contributed by atoms with van der Waals surface area (Å²) in [7, 11) is 0. The minimum absolute atomic E-state index is 0.0870. The standard InChI is InChI=1S/C16H25NOS/c1-5-18-14-10-9-12(7-6-8-15(17)19)11-13(14)16(2,3)4/h9-11H,5-8H2,1-4H3,(H2,17,19). The van der Waals surface area contributed by atoms with Crippen LogP contribution in [-0.4, -0.2) is 11.6 Å². The average molecular weight is 279 g/mol. The number of hydrogen-bond acceptors (Lipinski definition) is 2. The van der Waals surface area contributed by atoms with Crippen molar-refractivity contribution in [3.05, 3.63) is 29.3 Å². The molecule has 0 atom stereocenters. The summed E-state index contributed by atoms with van der Waals surface area (Å²) in [6, 6.07) is 6.48. The molecule has 0 spiro atoms. The Balaban J connectivity index is 2.88. The van der Waals surface area contributed by atoms with Gasteiger partial charge < -0.3 is 10.5 Å². The van der Waals surface area contributed by atoms with E-state index in [9.17, 15) is 0 Å². The average Bonchev–Trinajstić information content (AvgIpc) is 2.29. The molecular weight excluding hydrogens is 254 g/mol. The highest BCUT2D eigenvalue weighted by atomic mass is 32.1. The monoisotopic (exact) mass is 279 g/mol. The number of benzene rings is 1. The highest BCUT2D eigenvalue weighted by Crippen LogP contribution is 2.32. The lowest BCUT2D eigenvalue weighted by molar-refractivity contribution is 0.329. The zero-order valence-electron chi connectivity index (χ0n) is 12.5. The first kappa shape index (κ1) is 16.0. The summed E-state index contributed by atoms with van der Waals surface area (Å²) >= 11 is 4.91. The Bertz CT molecular complexity index is 435. The second kappa shape index (κ2) is 6.90. The summed E-state index contributed by atoms with van der Waals surface area (Å²) in [5.74, 6) is 0.994. The first-order valence-electron chi connectivity index (χ1n) is 6.89. The lowest BCUT2D eigenvalue weighted by Gasteiger charge is -2.23. The molecule has 1 aromatic rings. The molecule has 106 valence electrons. The number of aryl methyl sites for hydroxylation is 1. The third kappa shape index (κ3) is 5.19. The molecule has 0 saturated carbocycles. The molecule has 1 rings (SSSR count). The molecule has 0 aliphatic heterocycles. The fraction of sp³-hybridized carbons (Fsp3) is 0.562. The Morgan fingerprint density at radius 3 is 2.53 bits per heavy atom. The molecule has 0 aliphatic rings. The number of nitrogens with two attached hydrogens (primary N) is 1. The molecule has 2 nitrogen and oxygen atoms in total. The zero-order valence-corrected chi connectivity index (χ0v) is 13.3. The van der Waals surface area contributed by atoms with E-state index in [0.29, 0.717) is 11.6 Å². The molecule has 0 heterocycles.